The van der Waals surface area contributed by atoms with E-state index in [1.807, 2.05) is 0 Å². The molecule has 0 saturated carbocycles. The zero-order valence-corrected chi connectivity index (χ0v) is 5.93. The van der Waals surface area contributed by atoms with Gasteiger partial charge in [0.2, 0.25) is 0 Å². The lowest BCUT2D eigenvalue weighted by Crippen LogP contribution is -2.21. The van der Waals surface area contributed by atoms with Crippen LogP contribution in [0.1, 0.15) is 0 Å². The average Bonchev–Trinajstić information content (AvgIpc) is 2.01. The van der Waals surface area contributed by atoms with Crippen molar-refractivity contribution in [3.05, 3.63) is 9.81 Å². The predicted molar refractivity (Wildman–Crippen MR) is 34.3 cm³/mol. The SMILES string of the molecule is COCC(CON=O)ON=O. The van der Waals surface area contributed by atoms with Gasteiger partial charge in [0.1, 0.15) is 0 Å². The second-order valence-electron chi connectivity index (χ2n) is 1.63. The lowest BCUT2D eigenvalue weighted by molar-refractivity contribution is -0.0516. The lowest BCUT2D eigenvalue weighted by Gasteiger charge is -2.08. The number of hydrogen-bond donors (Lipinski definition) is 0. The van der Waals surface area contributed by atoms with E-state index >= 15 is 0 Å². The molecule has 0 fully saturated rings. The topological polar surface area (TPSA) is 86.6 Å². The van der Waals surface area contributed by atoms with Gasteiger partial charge >= 0.3 is 0 Å². The van der Waals surface area contributed by atoms with Gasteiger partial charge in [-0.2, -0.15) is 0 Å². The van der Waals surface area contributed by atoms with E-state index in [9.17, 15) is 9.81 Å². The highest BCUT2D eigenvalue weighted by Crippen LogP contribution is 1.94. The molecule has 0 heterocycles. The summed E-state index contributed by atoms with van der Waals surface area (Å²) in [5, 5.41) is 4.26. The summed E-state index contributed by atoms with van der Waals surface area (Å²) in [4.78, 5) is 27.3. The van der Waals surface area contributed by atoms with E-state index in [1.54, 1.807) is 0 Å². The van der Waals surface area contributed by atoms with Crippen molar-refractivity contribution in [1.82, 2.24) is 0 Å². The quantitative estimate of drug-likeness (QED) is 0.401. The maximum Gasteiger partial charge on any atom is 0.190 e. The molecular formula is C4H8N2O5. The Morgan fingerprint density at radius 2 is 2.00 bits per heavy atom. The highest BCUT2D eigenvalue weighted by molar-refractivity contribution is 4.51. The molecular weight excluding hydrogens is 156 g/mol. The van der Waals surface area contributed by atoms with Gasteiger partial charge in [-0.25, -0.2) is 0 Å². The molecule has 0 saturated heterocycles. The molecule has 0 amide bonds. The normalized spacial score (nSPS) is 11.7. The summed E-state index contributed by atoms with van der Waals surface area (Å²) < 4.78 is 4.61. The minimum absolute atomic E-state index is 0.112. The Balaban J connectivity index is 3.49. The number of rotatable bonds is 7. The van der Waals surface area contributed by atoms with Crippen LogP contribution in [0.15, 0.2) is 10.7 Å². The van der Waals surface area contributed by atoms with E-state index < -0.39 is 6.10 Å². The first-order valence-electron chi connectivity index (χ1n) is 2.77. The Morgan fingerprint density at radius 3 is 2.45 bits per heavy atom. The Morgan fingerprint density at radius 1 is 1.27 bits per heavy atom. The van der Waals surface area contributed by atoms with Gasteiger partial charge in [0.25, 0.3) is 0 Å². The van der Waals surface area contributed by atoms with Crippen molar-refractivity contribution in [2.75, 3.05) is 20.3 Å². The van der Waals surface area contributed by atoms with Gasteiger partial charge in [0.05, 0.1) is 6.61 Å². The van der Waals surface area contributed by atoms with Crippen molar-refractivity contribution in [3.8, 4) is 0 Å². The molecule has 0 rings (SSSR count). The summed E-state index contributed by atoms with van der Waals surface area (Å²) in [6.45, 7) is -0.0374. The molecule has 0 aliphatic heterocycles. The molecule has 0 aliphatic rings. The van der Waals surface area contributed by atoms with Crippen LogP contribution in [0.4, 0.5) is 0 Å². The molecule has 0 spiro atoms. The fourth-order valence-corrected chi connectivity index (χ4v) is 0.469. The van der Waals surface area contributed by atoms with Crippen LogP contribution in [0.2, 0.25) is 0 Å². The van der Waals surface area contributed by atoms with Crippen LogP contribution in [0.5, 0.6) is 0 Å². The third-order valence-corrected chi connectivity index (χ3v) is 0.858. The molecule has 11 heavy (non-hydrogen) atoms. The number of ether oxygens (including phenoxy) is 1. The molecule has 1 atom stereocenters. The van der Waals surface area contributed by atoms with Gasteiger partial charge in [0.15, 0.2) is 23.4 Å². The third kappa shape index (κ3) is 5.22. The van der Waals surface area contributed by atoms with Crippen molar-refractivity contribution in [1.29, 1.82) is 0 Å². The molecule has 0 aromatic rings. The Hall–Kier alpha value is -1.24. The highest BCUT2D eigenvalue weighted by Gasteiger charge is 2.10. The van der Waals surface area contributed by atoms with Crippen molar-refractivity contribution in [3.63, 3.8) is 0 Å². The first kappa shape index (κ1) is 9.76. The molecule has 0 aliphatic carbocycles. The first-order valence-corrected chi connectivity index (χ1v) is 2.77. The second kappa shape index (κ2) is 6.87. The summed E-state index contributed by atoms with van der Waals surface area (Å²) in [6, 6.07) is 0. The lowest BCUT2D eigenvalue weighted by atomic mass is 10.4. The first-order chi connectivity index (χ1) is 5.35. The van der Waals surface area contributed by atoms with Crippen molar-refractivity contribution in [2.24, 2.45) is 10.7 Å². The molecule has 1 unspecified atom stereocenters. The van der Waals surface area contributed by atoms with Crippen LogP contribution in [-0.2, 0) is 14.4 Å². The standard InChI is InChI=1S/C4H8N2O5/c1-9-2-4(11-6-8)3-10-5-7/h4H,2-3H2,1H3. The zero-order valence-electron chi connectivity index (χ0n) is 5.93. The second-order valence-corrected chi connectivity index (χ2v) is 1.63. The Labute approximate surface area is 62.5 Å². The van der Waals surface area contributed by atoms with Crippen molar-refractivity contribution >= 4 is 0 Å². The van der Waals surface area contributed by atoms with Gasteiger partial charge in [-0.1, -0.05) is 0 Å². The van der Waals surface area contributed by atoms with Crippen LogP contribution in [0, 0.1) is 9.81 Å². The predicted octanol–water partition coefficient (Wildman–Crippen LogP) is 0.397. The maximum absolute atomic E-state index is 9.56. The van der Waals surface area contributed by atoms with Gasteiger partial charge in [0, 0.05) is 7.11 Å². The molecule has 0 radical (unpaired) electrons. The molecule has 64 valence electrons. The molecule has 0 aromatic heterocycles. The molecule has 7 nitrogen and oxygen atoms in total. The highest BCUT2D eigenvalue weighted by atomic mass is 16.8. The summed E-state index contributed by atoms with van der Waals surface area (Å²) in [5.41, 5.74) is 0. The van der Waals surface area contributed by atoms with E-state index in [4.69, 9.17) is 0 Å². The number of methoxy groups -OCH3 is 1. The smallest absolute Gasteiger partial charge is 0.190 e. The van der Waals surface area contributed by atoms with Crippen LogP contribution < -0.4 is 0 Å². The molecule has 0 bridgehead atoms. The van der Waals surface area contributed by atoms with Crippen LogP contribution in [0.25, 0.3) is 0 Å². The largest absolute Gasteiger partial charge is 0.381 e. The Bertz CT molecular complexity index is 119. The maximum atomic E-state index is 9.56. The Kier molecular flexibility index (Phi) is 6.10. The van der Waals surface area contributed by atoms with Crippen LogP contribution in [-0.4, -0.2) is 26.4 Å². The molecule has 7 heteroatoms. The molecule has 0 N–H and O–H groups in total. The monoisotopic (exact) mass is 164 g/mol. The van der Waals surface area contributed by atoms with Gasteiger partial charge in [-0.05, 0) is 0 Å². The van der Waals surface area contributed by atoms with E-state index in [2.05, 4.69) is 25.1 Å². The summed E-state index contributed by atoms with van der Waals surface area (Å²) in [7, 11) is 1.41. The van der Waals surface area contributed by atoms with Gasteiger partial charge in [-0.15, -0.1) is 9.81 Å². The van der Waals surface area contributed by atoms with E-state index in [1.165, 1.54) is 7.11 Å². The summed E-state index contributed by atoms with van der Waals surface area (Å²) in [5.74, 6) is 0. The fourth-order valence-electron chi connectivity index (χ4n) is 0.469. The third-order valence-electron chi connectivity index (χ3n) is 0.858. The van der Waals surface area contributed by atoms with Crippen molar-refractivity contribution in [2.45, 2.75) is 6.10 Å². The average molecular weight is 164 g/mol. The molecule has 0 aromatic carbocycles. The van der Waals surface area contributed by atoms with Crippen molar-refractivity contribution < 1.29 is 14.4 Å². The zero-order chi connectivity index (χ0) is 8.53. The van der Waals surface area contributed by atoms with Gasteiger partial charge in [-0.3, -0.25) is 0 Å². The number of hydrogen-bond acceptors (Lipinski definition) is 7. The summed E-state index contributed by atoms with van der Waals surface area (Å²) >= 11 is 0. The fraction of sp³-hybridized carbons (Fsp3) is 1.00. The van der Waals surface area contributed by atoms with E-state index in [0.717, 1.165) is 0 Å². The van der Waals surface area contributed by atoms with Crippen LogP contribution in [0.3, 0.4) is 0 Å². The van der Waals surface area contributed by atoms with E-state index in [0.29, 0.717) is 0 Å². The van der Waals surface area contributed by atoms with Crippen LogP contribution >= 0.6 is 0 Å². The summed E-state index contributed by atoms with van der Waals surface area (Å²) in [6.07, 6.45) is -0.685. The van der Waals surface area contributed by atoms with E-state index in [-0.39, 0.29) is 13.2 Å². The minimum atomic E-state index is -0.685. The minimum Gasteiger partial charge on any atom is -0.381 e. The van der Waals surface area contributed by atoms with Gasteiger partial charge < -0.3 is 14.4 Å². The number of nitrogens with zero attached hydrogens (tertiary/aromatic N) is 2.